The Kier molecular flexibility index (Phi) is 5.40. The third-order valence-electron chi connectivity index (χ3n) is 3.06. The van der Waals surface area contributed by atoms with Gasteiger partial charge in [-0.2, -0.15) is 0 Å². The number of carbonyl (C=O) groups is 2. The van der Waals surface area contributed by atoms with E-state index in [9.17, 15) is 19.7 Å². The highest BCUT2D eigenvalue weighted by Crippen LogP contribution is 2.12. The molecule has 0 heterocycles. The summed E-state index contributed by atoms with van der Waals surface area (Å²) >= 11 is 0. The van der Waals surface area contributed by atoms with Crippen molar-refractivity contribution in [2.45, 2.75) is 6.54 Å². The number of nitro benzene ring substituents is 1. The highest BCUT2D eigenvalue weighted by atomic mass is 16.6. The Balaban J connectivity index is 1.83. The molecule has 118 valence electrons. The number of benzene rings is 2. The van der Waals surface area contributed by atoms with Gasteiger partial charge in [0.15, 0.2) is 0 Å². The molecular formula is C16H15N3O4. The lowest BCUT2D eigenvalue weighted by Gasteiger charge is -2.07. The summed E-state index contributed by atoms with van der Waals surface area (Å²) in [7, 11) is 0. The maximum Gasteiger partial charge on any atom is 0.270 e. The number of nitrogens with zero attached hydrogens (tertiary/aromatic N) is 1. The predicted octanol–water partition coefficient (Wildman–Crippen LogP) is 1.64. The second kappa shape index (κ2) is 7.69. The van der Waals surface area contributed by atoms with E-state index in [2.05, 4.69) is 10.6 Å². The van der Waals surface area contributed by atoms with Crippen LogP contribution in [-0.2, 0) is 11.3 Å². The molecule has 0 saturated carbocycles. The number of hydrogen-bond acceptors (Lipinski definition) is 4. The van der Waals surface area contributed by atoms with Gasteiger partial charge < -0.3 is 10.6 Å². The van der Waals surface area contributed by atoms with Crippen LogP contribution >= 0.6 is 0 Å². The zero-order valence-electron chi connectivity index (χ0n) is 12.2. The van der Waals surface area contributed by atoms with Crippen LogP contribution in [0, 0.1) is 10.1 Å². The number of amides is 2. The molecule has 2 N–H and O–H groups in total. The van der Waals surface area contributed by atoms with Crippen molar-refractivity contribution in [1.29, 1.82) is 0 Å². The lowest BCUT2D eigenvalue weighted by atomic mass is 10.2. The number of non-ortho nitro benzene ring substituents is 1. The van der Waals surface area contributed by atoms with Crippen molar-refractivity contribution in [3.8, 4) is 0 Å². The third kappa shape index (κ3) is 4.92. The number of hydrogen-bond donors (Lipinski definition) is 2. The van der Waals surface area contributed by atoms with Crippen molar-refractivity contribution in [2.75, 3.05) is 6.54 Å². The van der Waals surface area contributed by atoms with E-state index in [1.807, 2.05) is 30.3 Å². The average molecular weight is 313 g/mol. The van der Waals surface area contributed by atoms with Gasteiger partial charge in [0.25, 0.3) is 11.6 Å². The molecule has 0 fully saturated rings. The van der Waals surface area contributed by atoms with Gasteiger partial charge in [-0.1, -0.05) is 36.4 Å². The van der Waals surface area contributed by atoms with Gasteiger partial charge >= 0.3 is 0 Å². The van der Waals surface area contributed by atoms with Crippen molar-refractivity contribution < 1.29 is 14.5 Å². The number of carbonyl (C=O) groups excluding carboxylic acids is 2. The van der Waals surface area contributed by atoms with Crippen molar-refractivity contribution in [3.63, 3.8) is 0 Å². The maximum atomic E-state index is 11.9. The fraction of sp³-hybridized carbons (Fsp3) is 0.125. The molecule has 0 aliphatic rings. The van der Waals surface area contributed by atoms with Crippen LogP contribution in [0.5, 0.6) is 0 Å². The second-order valence-corrected chi connectivity index (χ2v) is 4.75. The normalized spacial score (nSPS) is 9.91. The Labute approximate surface area is 132 Å². The first kappa shape index (κ1) is 16.2. The van der Waals surface area contributed by atoms with Gasteiger partial charge in [0.1, 0.15) is 0 Å². The fourth-order valence-electron chi connectivity index (χ4n) is 1.88. The van der Waals surface area contributed by atoms with Crippen LogP contribution in [0.2, 0.25) is 0 Å². The zero-order chi connectivity index (χ0) is 16.7. The van der Waals surface area contributed by atoms with Gasteiger partial charge in [-0.3, -0.25) is 19.7 Å². The minimum Gasteiger partial charge on any atom is -0.350 e. The van der Waals surface area contributed by atoms with Gasteiger partial charge in [-0.25, -0.2) is 0 Å². The number of rotatable bonds is 6. The van der Waals surface area contributed by atoms with Gasteiger partial charge in [-0.15, -0.1) is 0 Å². The molecule has 0 aliphatic heterocycles. The molecule has 2 aromatic rings. The molecular weight excluding hydrogens is 298 g/mol. The topological polar surface area (TPSA) is 101 Å². The Morgan fingerprint density at radius 2 is 1.74 bits per heavy atom. The van der Waals surface area contributed by atoms with E-state index in [1.54, 1.807) is 0 Å². The molecule has 0 atom stereocenters. The molecule has 23 heavy (non-hydrogen) atoms. The van der Waals surface area contributed by atoms with Gasteiger partial charge in [0, 0.05) is 24.2 Å². The summed E-state index contributed by atoms with van der Waals surface area (Å²) in [5, 5.41) is 15.8. The van der Waals surface area contributed by atoms with Crippen LogP contribution in [-0.4, -0.2) is 23.3 Å². The molecule has 0 aliphatic carbocycles. The Bertz CT molecular complexity index is 716. The highest BCUT2D eigenvalue weighted by molar-refractivity contribution is 5.96. The minimum absolute atomic E-state index is 0.134. The predicted molar refractivity (Wildman–Crippen MR) is 83.7 cm³/mol. The van der Waals surface area contributed by atoms with E-state index in [0.717, 1.165) is 11.6 Å². The van der Waals surface area contributed by atoms with Crippen molar-refractivity contribution in [1.82, 2.24) is 10.6 Å². The lowest BCUT2D eigenvalue weighted by molar-refractivity contribution is -0.384. The lowest BCUT2D eigenvalue weighted by Crippen LogP contribution is -2.36. The largest absolute Gasteiger partial charge is 0.350 e. The van der Waals surface area contributed by atoms with Gasteiger partial charge in [0.2, 0.25) is 5.91 Å². The quantitative estimate of drug-likeness (QED) is 0.625. The van der Waals surface area contributed by atoms with E-state index in [-0.39, 0.29) is 23.7 Å². The Morgan fingerprint density at radius 1 is 1.00 bits per heavy atom. The van der Waals surface area contributed by atoms with Crippen LogP contribution in [0.3, 0.4) is 0 Å². The summed E-state index contributed by atoms with van der Waals surface area (Å²) in [4.78, 5) is 33.7. The summed E-state index contributed by atoms with van der Waals surface area (Å²) in [5.74, 6) is -0.879. The van der Waals surface area contributed by atoms with E-state index in [4.69, 9.17) is 0 Å². The van der Waals surface area contributed by atoms with Crippen LogP contribution in [0.25, 0.3) is 0 Å². The molecule has 2 rings (SSSR count). The average Bonchev–Trinajstić information content (AvgIpc) is 2.58. The number of nitrogens with one attached hydrogen (secondary N) is 2. The molecule has 7 nitrogen and oxygen atoms in total. The van der Waals surface area contributed by atoms with E-state index in [0.29, 0.717) is 6.54 Å². The Morgan fingerprint density at radius 3 is 2.43 bits per heavy atom. The van der Waals surface area contributed by atoms with Gasteiger partial charge in [0.05, 0.1) is 11.5 Å². The monoisotopic (exact) mass is 313 g/mol. The molecule has 0 spiro atoms. The van der Waals surface area contributed by atoms with Crippen molar-refractivity contribution in [2.24, 2.45) is 0 Å². The minimum atomic E-state index is -0.580. The summed E-state index contributed by atoms with van der Waals surface area (Å²) in [6.07, 6.45) is 0. The van der Waals surface area contributed by atoms with Gasteiger partial charge in [-0.05, 0) is 11.6 Å². The third-order valence-corrected chi connectivity index (χ3v) is 3.06. The molecule has 2 aromatic carbocycles. The standard InChI is InChI=1S/C16H15N3O4/c20-15(17-10-12-5-2-1-3-6-12)11-18-16(21)13-7-4-8-14(9-13)19(22)23/h1-9H,10-11H2,(H,17,20)(H,18,21). The van der Waals surface area contributed by atoms with Crippen LogP contribution in [0.1, 0.15) is 15.9 Å². The second-order valence-electron chi connectivity index (χ2n) is 4.75. The molecule has 0 saturated heterocycles. The van der Waals surface area contributed by atoms with Crippen LogP contribution < -0.4 is 10.6 Å². The molecule has 0 unspecified atom stereocenters. The van der Waals surface area contributed by atoms with Crippen LogP contribution in [0.15, 0.2) is 54.6 Å². The molecule has 7 heteroatoms. The maximum absolute atomic E-state index is 11.9. The highest BCUT2D eigenvalue weighted by Gasteiger charge is 2.12. The van der Waals surface area contributed by atoms with Crippen molar-refractivity contribution in [3.05, 3.63) is 75.8 Å². The molecule has 0 aromatic heterocycles. The molecule has 0 radical (unpaired) electrons. The molecule has 0 bridgehead atoms. The summed E-state index contributed by atoms with van der Waals surface area (Å²) in [6, 6.07) is 14.7. The Hall–Kier alpha value is -3.22. The first-order valence-electron chi connectivity index (χ1n) is 6.89. The van der Waals surface area contributed by atoms with Crippen LogP contribution in [0.4, 0.5) is 5.69 Å². The summed E-state index contributed by atoms with van der Waals surface area (Å²) in [6.45, 7) is 0.167. The zero-order valence-corrected chi connectivity index (χ0v) is 12.2. The number of nitro groups is 1. The van der Waals surface area contributed by atoms with E-state index < -0.39 is 10.8 Å². The van der Waals surface area contributed by atoms with Crippen molar-refractivity contribution >= 4 is 17.5 Å². The van der Waals surface area contributed by atoms with E-state index >= 15 is 0 Å². The van der Waals surface area contributed by atoms with E-state index in [1.165, 1.54) is 18.2 Å². The fourth-order valence-corrected chi connectivity index (χ4v) is 1.88. The summed E-state index contributed by atoms with van der Waals surface area (Å²) < 4.78 is 0. The summed E-state index contributed by atoms with van der Waals surface area (Å²) in [5.41, 5.74) is 0.909. The SMILES string of the molecule is O=C(CNC(=O)c1cccc([N+](=O)[O-])c1)NCc1ccccc1. The molecule has 2 amide bonds. The first-order valence-corrected chi connectivity index (χ1v) is 6.89. The first-order chi connectivity index (χ1) is 11.1. The smallest absolute Gasteiger partial charge is 0.270 e.